The quantitative estimate of drug-likeness (QED) is 0.444. The topological polar surface area (TPSA) is 34.1 Å². The number of ketones is 2. The summed E-state index contributed by atoms with van der Waals surface area (Å²) < 4.78 is 0. The third-order valence-electron chi connectivity index (χ3n) is 6.76. The van der Waals surface area contributed by atoms with Gasteiger partial charge in [-0.1, -0.05) is 24.3 Å². The maximum absolute atomic E-state index is 12.4. The molecule has 4 aliphatic rings. The normalized spacial score (nSPS) is 29.4. The molecule has 0 heterocycles. The van der Waals surface area contributed by atoms with Crippen LogP contribution in [0.5, 0.6) is 0 Å². The van der Waals surface area contributed by atoms with Gasteiger partial charge in [0.15, 0.2) is 11.6 Å². The number of allylic oxidation sites excluding steroid dienone is 4. The van der Waals surface area contributed by atoms with Crippen LogP contribution in [0.2, 0.25) is 0 Å². The van der Waals surface area contributed by atoms with Gasteiger partial charge >= 0.3 is 0 Å². The summed E-state index contributed by atoms with van der Waals surface area (Å²) in [6.45, 7) is 0. The van der Waals surface area contributed by atoms with Crippen molar-refractivity contribution in [2.75, 3.05) is 0 Å². The molecule has 26 heavy (non-hydrogen) atoms. The molecule has 0 radical (unpaired) electrons. The average Bonchev–Trinajstić information content (AvgIpc) is 3.34. The number of carbonyl (C=O) groups excluding carboxylic acids is 2. The fraction of sp³-hybridized carbons (Fsp3) is 0.167. The summed E-state index contributed by atoms with van der Waals surface area (Å²) >= 11 is 0. The van der Waals surface area contributed by atoms with Crippen LogP contribution >= 0.6 is 0 Å². The van der Waals surface area contributed by atoms with E-state index in [1.54, 1.807) is 0 Å². The van der Waals surface area contributed by atoms with Gasteiger partial charge in [-0.3, -0.25) is 9.59 Å². The molecule has 122 valence electrons. The summed E-state index contributed by atoms with van der Waals surface area (Å²) in [6.07, 6.45) is 8.18. The highest BCUT2D eigenvalue weighted by Crippen LogP contribution is 2.49. The van der Waals surface area contributed by atoms with Crippen LogP contribution in [0.4, 0.5) is 0 Å². The van der Waals surface area contributed by atoms with Crippen molar-refractivity contribution in [2.45, 2.75) is 23.7 Å². The van der Waals surface area contributed by atoms with E-state index in [-0.39, 0.29) is 23.7 Å². The Morgan fingerprint density at radius 3 is 0.962 bits per heavy atom. The summed E-state index contributed by atoms with van der Waals surface area (Å²) in [7, 11) is 0. The molecule has 4 aliphatic carbocycles. The lowest BCUT2D eigenvalue weighted by Crippen LogP contribution is -2.00. The molecule has 4 bridgehead atoms. The van der Waals surface area contributed by atoms with Crippen molar-refractivity contribution in [1.82, 2.24) is 0 Å². The zero-order valence-corrected chi connectivity index (χ0v) is 13.9. The number of Topliss-reactive ketones (excluding diaryl/α,β-unsaturated/α-hetero) is 2. The SMILES string of the molecule is O=C1C2C=C[C@@H]1c1cc3cc4cc5c(cc4cc3cc12)C1C=C[C@H]5C1=O. The van der Waals surface area contributed by atoms with Crippen LogP contribution in [0.15, 0.2) is 60.7 Å². The fourth-order valence-electron chi connectivity index (χ4n) is 5.49. The summed E-state index contributed by atoms with van der Waals surface area (Å²) in [5.41, 5.74) is 4.70. The highest BCUT2D eigenvalue weighted by molar-refractivity contribution is 6.08. The van der Waals surface area contributed by atoms with E-state index in [9.17, 15) is 9.59 Å². The predicted molar refractivity (Wildman–Crippen MR) is 101 cm³/mol. The molecule has 0 aromatic heterocycles. The fourth-order valence-corrected chi connectivity index (χ4v) is 5.49. The first-order valence-corrected chi connectivity index (χ1v) is 9.18. The minimum Gasteiger partial charge on any atom is -0.298 e. The van der Waals surface area contributed by atoms with Crippen LogP contribution in [0.3, 0.4) is 0 Å². The molecule has 0 saturated heterocycles. The second kappa shape index (κ2) is 4.04. The summed E-state index contributed by atoms with van der Waals surface area (Å²) in [5, 5.41) is 4.70. The first-order valence-electron chi connectivity index (χ1n) is 9.18. The van der Waals surface area contributed by atoms with Crippen LogP contribution in [-0.2, 0) is 9.59 Å². The molecule has 3 aromatic carbocycles. The molecule has 3 aromatic rings. The molecule has 4 atom stereocenters. The van der Waals surface area contributed by atoms with Crippen molar-refractivity contribution in [3.05, 3.63) is 83.0 Å². The van der Waals surface area contributed by atoms with Crippen molar-refractivity contribution >= 4 is 33.1 Å². The minimum absolute atomic E-state index is 0.0476. The third-order valence-corrected chi connectivity index (χ3v) is 6.76. The van der Waals surface area contributed by atoms with E-state index in [0.717, 1.165) is 0 Å². The molecular formula is C24H14O2. The lowest BCUT2D eigenvalue weighted by Gasteiger charge is -2.14. The molecule has 7 rings (SSSR count). The molecule has 2 unspecified atom stereocenters. The van der Waals surface area contributed by atoms with Gasteiger partial charge in [0, 0.05) is 0 Å². The number of hydrogen-bond acceptors (Lipinski definition) is 2. The van der Waals surface area contributed by atoms with E-state index in [4.69, 9.17) is 0 Å². The molecule has 0 fully saturated rings. The Hall–Kier alpha value is -3.00. The van der Waals surface area contributed by atoms with Gasteiger partial charge in [-0.15, -0.1) is 0 Å². The van der Waals surface area contributed by atoms with Gasteiger partial charge in [0.05, 0.1) is 23.7 Å². The smallest absolute Gasteiger partial charge is 0.155 e. The lowest BCUT2D eigenvalue weighted by atomic mass is 9.89. The number of carbonyl (C=O) groups is 2. The second-order valence-electron chi connectivity index (χ2n) is 7.99. The van der Waals surface area contributed by atoms with Gasteiger partial charge in [-0.05, 0) is 80.2 Å². The van der Waals surface area contributed by atoms with Crippen molar-refractivity contribution in [3.63, 3.8) is 0 Å². The zero-order chi connectivity index (χ0) is 17.2. The largest absolute Gasteiger partial charge is 0.298 e. The standard InChI is InChI=1S/C24H14O2/c25-23-15-1-2-16(23)20-8-12-6-14-10-22-18-4-3-17(24(18)26)21(22)9-13(14)5-11(12)7-19(15)20/h1-10,15-18H/t15-,16?,17-,18?/m1/s1. The Morgan fingerprint density at radius 2 is 0.692 bits per heavy atom. The monoisotopic (exact) mass is 334 g/mol. The van der Waals surface area contributed by atoms with Crippen LogP contribution < -0.4 is 0 Å². The number of benzene rings is 3. The van der Waals surface area contributed by atoms with Crippen LogP contribution in [-0.4, -0.2) is 11.6 Å². The average molecular weight is 334 g/mol. The van der Waals surface area contributed by atoms with Gasteiger partial charge in [0.1, 0.15) is 0 Å². The van der Waals surface area contributed by atoms with Gasteiger partial charge in [0.25, 0.3) is 0 Å². The first kappa shape index (κ1) is 13.2. The van der Waals surface area contributed by atoms with E-state index < -0.39 is 0 Å². The van der Waals surface area contributed by atoms with Gasteiger partial charge in [0.2, 0.25) is 0 Å². The molecule has 0 saturated carbocycles. The van der Waals surface area contributed by atoms with Gasteiger partial charge in [-0.25, -0.2) is 0 Å². The van der Waals surface area contributed by atoms with E-state index in [1.807, 2.05) is 24.3 Å². The molecule has 0 aliphatic heterocycles. The number of rotatable bonds is 0. The Bertz CT molecular complexity index is 1100. The van der Waals surface area contributed by atoms with E-state index in [2.05, 4.69) is 36.4 Å². The van der Waals surface area contributed by atoms with Crippen LogP contribution in [0.25, 0.3) is 21.5 Å². The molecule has 0 N–H and O–H groups in total. The number of hydrogen-bond donors (Lipinski definition) is 0. The van der Waals surface area contributed by atoms with Crippen molar-refractivity contribution in [3.8, 4) is 0 Å². The molecule has 2 heteroatoms. The first-order chi connectivity index (χ1) is 12.7. The van der Waals surface area contributed by atoms with Crippen LogP contribution in [0, 0.1) is 0 Å². The van der Waals surface area contributed by atoms with Crippen molar-refractivity contribution in [2.24, 2.45) is 0 Å². The maximum Gasteiger partial charge on any atom is 0.155 e. The summed E-state index contributed by atoms with van der Waals surface area (Å²) in [6, 6.07) is 13.2. The Morgan fingerprint density at radius 1 is 0.423 bits per heavy atom. The predicted octanol–water partition coefficient (Wildman–Crippen LogP) is 4.63. The zero-order valence-electron chi connectivity index (χ0n) is 13.9. The summed E-state index contributed by atoms with van der Waals surface area (Å²) in [4.78, 5) is 24.8. The Balaban J connectivity index is 1.51. The Labute approximate surface area is 149 Å². The van der Waals surface area contributed by atoms with E-state index >= 15 is 0 Å². The van der Waals surface area contributed by atoms with Gasteiger partial charge < -0.3 is 0 Å². The maximum atomic E-state index is 12.4. The highest BCUT2D eigenvalue weighted by atomic mass is 16.1. The van der Waals surface area contributed by atoms with Crippen molar-refractivity contribution < 1.29 is 9.59 Å². The molecule has 0 spiro atoms. The van der Waals surface area contributed by atoms with Crippen molar-refractivity contribution in [1.29, 1.82) is 0 Å². The van der Waals surface area contributed by atoms with E-state index in [0.29, 0.717) is 11.6 Å². The molecule has 0 amide bonds. The number of fused-ring (bicyclic) bond motifs is 12. The van der Waals surface area contributed by atoms with Crippen LogP contribution in [0.1, 0.15) is 45.9 Å². The molecule has 2 nitrogen and oxygen atoms in total. The second-order valence-corrected chi connectivity index (χ2v) is 7.99. The third kappa shape index (κ3) is 1.35. The summed E-state index contributed by atoms with van der Waals surface area (Å²) in [5.74, 6) is 0.449. The van der Waals surface area contributed by atoms with E-state index in [1.165, 1.54) is 43.8 Å². The van der Waals surface area contributed by atoms with Gasteiger partial charge in [-0.2, -0.15) is 0 Å². The Kier molecular flexibility index (Phi) is 2.06. The minimum atomic E-state index is -0.0476. The lowest BCUT2D eigenvalue weighted by molar-refractivity contribution is -0.119. The highest BCUT2D eigenvalue weighted by Gasteiger charge is 2.42. The molecular weight excluding hydrogens is 320 g/mol.